The number of nitrogens with zero attached hydrogens (tertiary/aromatic N) is 3. The van der Waals surface area contributed by atoms with Crippen LogP contribution >= 0.6 is 0 Å². The van der Waals surface area contributed by atoms with Gasteiger partial charge in [-0.15, -0.1) is 0 Å². The highest BCUT2D eigenvalue weighted by molar-refractivity contribution is 5.94. The first-order valence-electron chi connectivity index (χ1n) is 13.6. The van der Waals surface area contributed by atoms with E-state index in [4.69, 9.17) is 5.10 Å². The summed E-state index contributed by atoms with van der Waals surface area (Å²) >= 11 is 0. The molecule has 4 aromatic carbocycles. The van der Waals surface area contributed by atoms with Crippen LogP contribution in [0.25, 0.3) is 22.2 Å². The van der Waals surface area contributed by atoms with Gasteiger partial charge in [0.1, 0.15) is 16.6 Å². The molecule has 1 aliphatic carbocycles. The Morgan fingerprint density at radius 2 is 1.15 bits per heavy atom. The molecule has 2 heterocycles. The van der Waals surface area contributed by atoms with Crippen LogP contribution in [0.3, 0.4) is 0 Å². The maximum Gasteiger partial charge on any atom is 0.399 e. The van der Waals surface area contributed by atoms with Crippen molar-refractivity contribution < 1.29 is 13.2 Å². The molecule has 1 saturated carbocycles. The zero-order valence-corrected chi connectivity index (χ0v) is 22.1. The molecular formula is C35H26F3N3. The van der Waals surface area contributed by atoms with E-state index in [0.29, 0.717) is 11.3 Å². The summed E-state index contributed by atoms with van der Waals surface area (Å²) in [4.78, 5) is 4.19. The summed E-state index contributed by atoms with van der Waals surface area (Å²) in [7, 11) is 0. The Hall–Kier alpha value is -4.71. The summed E-state index contributed by atoms with van der Waals surface area (Å²) in [6.07, 6.45) is -2.76. The second kappa shape index (κ2) is 9.44. The van der Waals surface area contributed by atoms with Crippen LogP contribution in [0.5, 0.6) is 0 Å². The van der Waals surface area contributed by atoms with Gasteiger partial charge in [0.25, 0.3) is 0 Å². The highest BCUT2D eigenvalue weighted by atomic mass is 19.4. The van der Waals surface area contributed by atoms with Crippen molar-refractivity contribution in [1.82, 2.24) is 14.8 Å². The van der Waals surface area contributed by atoms with Gasteiger partial charge < -0.3 is 0 Å². The lowest BCUT2D eigenvalue weighted by Gasteiger charge is -2.37. The van der Waals surface area contributed by atoms with Gasteiger partial charge in [-0.25, -0.2) is 4.68 Å². The van der Waals surface area contributed by atoms with Gasteiger partial charge >= 0.3 is 6.18 Å². The first-order valence-corrected chi connectivity index (χ1v) is 13.6. The third-order valence-corrected chi connectivity index (χ3v) is 8.30. The van der Waals surface area contributed by atoms with Crippen molar-refractivity contribution in [2.24, 2.45) is 0 Å². The van der Waals surface area contributed by atoms with Gasteiger partial charge in [0, 0.05) is 17.1 Å². The van der Waals surface area contributed by atoms with Gasteiger partial charge in [-0.2, -0.15) is 18.3 Å². The molecule has 7 rings (SSSR count). The number of halogens is 3. The Kier molecular flexibility index (Phi) is 5.82. The molecule has 41 heavy (non-hydrogen) atoms. The second-order valence-corrected chi connectivity index (χ2v) is 10.6. The number of rotatable bonds is 6. The van der Waals surface area contributed by atoms with Crippen molar-refractivity contribution in [2.75, 3.05) is 0 Å². The molecule has 0 radical (unpaired) electrons. The predicted octanol–water partition coefficient (Wildman–Crippen LogP) is 8.53. The number of hydrogen-bond donors (Lipinski definition) is 0. The molecule has 0 saturated heterocycles. The fourth-order valence-electron chi connectivity index (χ4n) is 6.09. The molecule has 0 bridgehead atoms. The van der Waals surface area contributed by atoms with Crippen LogP contribution in [0.4, 0.5) is 13.2 Å². The zero-order chi connectivity index (χ0) is 28.1. The Morgan fingerprint density at radius 1 is 0.634 bits per heavy atom. The number of hydrogen-bond acceptors (Lipinski definition) is 2. The summed E-state index contributed by atoms with van der Waals surface area (Å²) in [6.45, 7) is 0. The summed E-state index contributed by atoms with van der Waals surface area (Å²) in [6, 6.07) is 41.9. The third-order valence-electron chi connectivity index (χ3n) is 8.30. The van der Waals surface area contributed by atoms with E-state index >= 15 is 0 Å². The summed E-state index contributed by atoms with van der Waals surface area (Å²) in [5.41, 5.74) is 2.48. The normalized spacial score (nSPS) is 14.7. The number of para-hydroxylation sites is 1. The first-order chi connectivity index (χ1) is 19.9. The number of pyridine rings is 1. The van der Waals surface area contributed by atoms with Crippen molar-refractivity contribution in [3.63, 3.8) is 0 Å². The SMILES string of the molecule is FC(F)(F)C1(c2cc(-c3nn(C(c4ccccc4)(c4ccccc4)c4ccccc4)c4ccccc34)ccn2)CC1. The molecule has 6 aromatic rings. The van der Waals surface area contributed by atoms with E-state index in [2.05, 4.69) is 41.4 Å². The van der Waals surface area contributed by atoms with E-state index in [-0.39, 0.29) is 18.5 Å². The molecule has 0 amide bonds. The van der Waals surface area contributed by atoms with Crippen LogP contribution in [0.15, 0.2) is 134 Å². The molecule has 0 unspecified atom stereocenters. The Bertz CT molecular complexity index is 1730. The minimum absolute atomic E-state index is 0.0568. The first kappa shape index (κ1) is 25.3. The quantitative estimate of drug-likeness (QED) is 0.196. The van der Waals surface area contributed by atoms with Crippen LogP contribution < -0.4 is 0 Å². The maximum atomic E-state index is 14.0. The zero-order valence-electron chi connectivity index (χ0n) is 22.1. The van der Waals surface area contributed by atoms with Gasteiger partial charge in [0.2, 0.25) is 0 Å². The number of benzene rings is 4. The molecule has 0 aliphatic heterocycles. The van der Waals surface area contributed by atoms with Crippen LogP contribution in [0.2, 0.25) is 0 Å². The van der Waals surface area contributed by atoms with E-state index in [1.54, 1.807) is 12.1 Å². The van der Waals surface area contributed by atoms with Gasteiger partial charge in [-0.05, 0) is 47.7 Å². The van der Waals surface area contributed by atoms with Crippen molar-refractivity contribution >= 4 is 10.9 Å². The monoisotopic (exact) mass is 545 g/mol. The minimum Gasteiger partial charge on any atom is -0.260 e. The Balaban J connectivity index is 1.55. The van der Waals surface area contributed by atoms with Crippen molar-refractivity contribution in [3.05, 3.63) is 156 Å². The van der Waals surface area contributed by atoms with Crippen LogP contribution in [0, 0.1) is 0 Å². The maximum absolute atomic E-state index is 14.0. The van der Waals surface area contributed by atoms with E-state index in [9.17, 15) is 13.2 Å². The van der Waals surface area contributed by atoms with Crippen molar-refractivity contribution in [3.8, 4) is 11.3 Å². The van der Waals surface area contributed by atoms with Gasteiger partial charge in [0.15, 0.2) is 0 Å². The van der Waals surface area contributed by atoms with Crippen molar-refractivity contribution in [2.45, 2.75) is 30.0 Å². The lowest BCUT2D eigenvalue weighted by molar-refractivity contribution is -0.161. The summed E-state index contributed by atoms with van der Waals surface area (Å²) < 4.78 is 44.1. The average molecular weight is 546 g/mol. The fraction of sp³-hybridized carbons (Fsp3) is 0.143. The molecule has 0 atom stereocenters. The molecule has 1 aliphatic rings. The Morgan fingerprint density at radius 3 is 1.66 bits per heavy atom. The molecular weight excluding hydrogens is 519 g/mol. The van der Waals surface area contributed by atoms with Crippen LogP contribution in [0.1, 0.15) is 35.2 Å². The summed E-state index contributed by atoms with van der Waals surface area (Å²) in [5.74, 6) is 0. The van der Waals surface area contributed by atoms with E-state index in [1.165, 1.54) is 6.20 Å². The Labute approximate surface area is 235 Å². The van der Waals surface area contributed by atoms with Crippen LogP contribution in [-0.4, -0.2) is 20.9 Å². The highest BCUT2D eigenvalue weighted by Gasteiger charge is 2.65. The smallest absolute Gasteiger partial charge is 0.260 e. The van der Waals surface area contributed by atoms with Gasteiger partial charge in [-0.1, -0.05) is 109 Å². The van der Waals surface area contributed by atoms with E-state index in [0.717, 1.165) is 27.6 Å². The number of alkyl halides is 3. The fourth-order valence-corrected chi connectivity index (χ4v) is 6.09. The lowest BCUT2D eigenvalue weighted by Crippen LogP contribution is -2.38. The summed E-state index contributed by atoms with van der Waals surface area (Å²) in [5, 5.41) is 6.13. The van der Waals surface area contributed by atoms with Gasteiger partial charge in [-0.3, -0.25) is 4.98 Å². The molecule has 3 nitrogen and oxygen atoms in total. The molecule has 202 valence electrons. The standard InChI is InChI=1S/C35H26F3N3/c36-35(37,38)33(21-22-33)31-24-25(20-23-39-31)32-29-18-10-11-19-30(29)41(40-32)34(26-12-4-1-5-13-26,27-14-6-2-7-15-27)28-16-8-3-9-17-28/h1-20,23-24H,21-22H2. The molecule has 0 N–H and O–H groups in total. The second-order valence-electron chi connectivity index (χ2n) is 10.6. The molecule has 1 fully saturated rings. The third kappa shape index (κ3) is 3.89. The molecule has 0 spiro atoms. The number of aromatic nitrogens is 3. The van der Waals surface area contributed by atoms with Gasteiger partial charge in [0.05, 0.1) is 11.2 Å². The predicted molar refractivity (Wildman–Crippen MR) is 155 cm³/mol. The van der Waals surface area contributed by atoms with Crippen LogP contribution in [-0.2, 0) is 11.0 Å². The minimum atomic E-state index is -4.34. The van der Waals surface area contributed by atoms with E-state index in [1.807, 2.05) is 83.5 Å². The topological polar surface area (TPSA) is 30.7 Å². The lowest BCUT2D eigenvalue weighted by atomic mass is 9.77. The highest BCUT2D eigenvalue weighted by Crippen LogP contribution is 2.58. The molecule has 2 aromatic heterocycles. The van der Waals surface area contributed by atoms with Crippen molar-refractivity contribution in [1.29, 1.82) is 0 Å². The average Bonchev–Trinajstić information content (AvgIpc) is 3.76. The van der Waals surface area contributed by atoms with E-state index < -0.39 is 17.1 Å². The largest absolute Gasteiger partial charge is 0.399 e. The number of fused-ring (bicyclic) bond motifs is 1. The molecule has 6 heteroatoms.